The molecule has 1 amide bonds. The molecule has 2 bridgehead atoms. The van der Waals surface area contributed by atoms with E-state index in [0.717, 1.165) is 18.9 Å². The van der Waals surface area contributed by atoms with E-state index >= 15 is 0 Å². The van der Waals surface area contributed by atoms with Crippen LogP contribution >= 0.6 is 11.6 Å². The number of sulfone groups is 1. The first-order valence-corrected chi connectivity index (χ1v) is 12.4. The molecule has 0 aromatic heterocycles. The molecule has 0 radical (unpaired) electrons. The van der Waals surface area contributed by atoms with Gasteiger partial charge in [0.2, 0.25) is 0 Å². The number of carbonyl (C=O) groups is 1. The smallest absolute Gasteiger partial charge is 0.255 e. The van der Waals surface area contributed by atoms with Gasteiger partial charge in [-0.3, -0.25) is 4.79 Å². The Morgan fingerprint density at radius 1 is 1.16 bits per heavy atom. The minimum absolute atomic E-state index is 0.00948. The molecule has 2 N–H and O–H groups in total. The van der Waals surface area contributed by atoms with Crippen molar-refractivity contribution in [1.82, 2.24) is 0 Å². The summed E-state index contributed by atoms with van der Waals surface area (Å²) in [6.45, 7) is 3.11. The summed E-state index contributed by atoms with van der Waals surface area (Å²) in [6, 6.07) is 6.08. The topological polar surface area (TPSA) is 83.5 Å². The second-order valence-electron chi connectivity index (χ2n) is 8.97. The van der Waals surface area contributed by atoms with Gasteiger partial charge in [-0.15, -0.1) is 0 Å². The summed E-state index contributed by atoms with van der Waals surface area (Å²) in [5.41, 5.74) is -0.813. The highest BCUT2D eigenvalue weighted by atomic mass is 35.5. The van der Waals surface area contributed by atoms with Gasteiger partial charge in [0.15, 0.2) is 21.5 Å². The van der Waals surface area contributed by atoms with E-state index in [9.17, 15) is 27.1 Å². The summed E-state index contributed by atoms with van der Waals surface area (Å²) >= 11 is 6.22. The van der Waals surface area contributed by atoms with Crippen LogP contribution in [0.25, 0.3) is 0 Å². The van der Waals surface area contributed by atoms with Crippen LogP contribution in [0.15, 0.2) is 35.2 Å². The molecule has 0 saturated heterocycles. The first-order chi connectivity index (χ1) is 14.9. The third-order valence-corrected chi connectivity index (χ3v) is 9.79. The Morgan fingerprint density at radius 3 is 2.41 bits per heavy atom. The molecule has 2 aliphatic rings. The lowest BCUT2D eigenvalue weighted by molar-refractivity contribution is -0.0413. The highest BCUT2D eigenvalue weighted by Gasteiger charge is 2.53. The van der Waals surface area contributed by atoms with Gasteiger partial charge in [0.25, 0.3) is 5.91 Å². The Bertz CT molecular complexity index is 1180. The fraction of sp³-hybridized carbons (Fsp3) is 0.435. The Balaban J connectivity index is 1.62. The van der Waals surface area contributed by atoms with Gasteiger partial charge in [-0.2, -0.15) is 0 Å². The largest absolute Gasteiger partial charge is 0.390 e. The molecule has 2 unspecified atom stereocenters. The van der Waals surface area contributed by atoms with Crippen LogP contribution in [-0.4, -0.2) is 30.3 Å². The lowest BCUT2D eigenvalue weighted by Crippen LogP contribution is -2.45. The zero-order valence-electron chi connectivity index (χ0n) is 17.7. The van der Waals surface area contributed by atoms with Crippen LogP contribution in [0.2, 0.25) is 5.02 Å². The van der Waals surface area contributed by atoms with Crippen molar-refractivity contribution < 1.29 is 27.1 Å². The average Bonchev–Trinajstić information content (AvgIpc) is 2.91. The molecule has 2 aliphatic carbocycles. The van der Waals surface area contributed by atoms with Crippen LogP contribution in [0.5, 0.6) is 0 Å². The Hall–Kier alpha value is -2.03. The highest BCUT2D eigenvalue weighted by molar-refractivity contribution is 7.92. The van der Waals surface area contributed by atoms with Crippen molar-refractivity contribution in [3.8, 4) is 0 Å². The molecule has 2 saturated carbocycles. The molecule has 9 heteroatoms. The number of rotatable bonds is 4. The van der Waals surface area contributed by atoms with Gasteiger partial charge in [0.05, 0.1) is 20.8 Å². The molecule has 4 atom stereocenters. The maximum absolute atomic E-state index is 13.8. The van der Waals surface area contributed by atoms with Gasteiger partial charge in [-0.25, -0.2) is 17.2 Å². The number of carbonyl (C=O) groups excluding carboxylic acids is 1. The SMILES string of the molecule is Cc1c(NC(=O)c2ccc(Cl)c(S(=O)(=O)C3CC4CC[C@@H](C3)[C@]4(C)O)c2)ccc(F)c1F. The quantitative estimate of drug-likeness (QED) is 0.648. The molecular formula is C23H24ClF2NO4S. The molecular weight excluding hydrogens is 460 g/mol. The van der Waals surface area contributed by atoms with E-state index in [1.54, 1.807) is 6.92 Å². The molecule has 2 aromatic rings. The zero-order valence-corrected chi connectivity index (χ0v) is 19.2. The number of benzene rings is 2. The van der Waals surface area contributed by atoms with Gasteiger partial charge in [0.1, 0.15) is 0 Å². The predicted octanol–water partition coefficient (Wildman–Crippen LogP) is 4.89. The maximum atomic E-state index is 13.8. The van der Waals surface area contributed by atoms with Crippen molar-refractivity contribution in [2.24, 2.45) is 11.8 Å². The van der Waals surface area contributed by atoms with Crippen molar-refractivity contribution in [3.05, 3.63) is 58.1 Å². The average molecular weight is 484 g/mol. The zero-order chi connectivity index (χ0) is 23.4. The van der Waals surface area contributed by atoms with Gasteiger partial charge in [0, 0.05) is 16.8 Å². The fourth-order valence-corrected chi connectivity index (χ4v) is 7.44. The van der Waals surface area contributed by atoms with Gasteiger partial charge in [-0.1, -0.05) is 11.6 Å². The van der Waals surface area contributed by atoms with E-state index < -0.39 is 38.2 Å². The first-order valence-electron chi connectivity index (χ1n) is 10.4. The molecule has 2 fully saturated rings. The molecule has 5 nitrogen and oxygen atoms in total. The van der Waals surface area contributed by atoms with Crippen LogP contribution in [0, 0.1) is 30.4 Å². The second kappa shape index (κ2) is 8.08. The lowest BCUT2D eigenvalue weighted by atomic mass is 9.76. The molecule has 32 heavy (non-hydrogen) atoms. The van der Waals surface area contributed by atoms with E-state index in [-0.39, 0.29) is 38.6 Å². The number of amides is 1. The Morgan fingerprint density at radius 2 is 1.78 bits per heavy atom. The van der Waals surface area contributed by atoms with Crippen LogP contribution in [-0.2, 0) is 9.84 Å². The van der Waals surface area contributed by atoms with Gasteiger partial charge >= 0.3 is 0 Å². The summed E-state index contributed by atoms with van der Waals surface area (Å²) in [5.74, 6) is -2.95. The summed E-state index contributed by atoms with van der Waals surface area (Å²) in [4.78, 5) is 12.6. The van der Waals surface area contributed by atoms with Gasteiger partial charge in [-0.05, 0) is 81.7 Å². The molecule has 172 valence electrons. The number of anilines is 1. The minimum Gasteiger partial charge on any atom is -0.390 e. The van der Waals surface area contributed by atoms with Crippen LogP contribution in [0.1, 0.15) is 48.5 Å². The Labute approximate surface area is 190 Å². The summed E-state index contributed by atoms with van der Waals surface area (Å²) in [7, 11) is -3.85. The number of fused-ring (bicyclic) bond motifs is 2. The van der Waals surface area contributed by atoms with E-state index in [1.807, 2.05) is 0 Å². The summed E-state index contributed by atoms with van der Waals surface area (Å²) < 4.78 is 54.0. The molecule has 0 heterocycles. The predicted molar refractivity (Wildman–Crippen MR) is 118 cm³/mol. The fourth-order valence-electron chi connectivity index (χ4n) is 5.04. The molecule has 0 spiro atoms. The maximum Gasteiger partial charge on any atom is 0.255 e. The number of aliphatic hydroxyl groups is 1. The van der Waals surface area contributed by atoms with E-state index in [4.69, 9.17) is 11.6 Å². The lowest BCUT2D eigenvalue weighted by Gasteiger charge is -2.40. The third kappa shape index (κ3) is 3.82. The third-order valence-electron chi connectivity index (χ3n) is 7.14. The number of halogens is 3. The summed E-state index contributed by atoms with van der Waals surface area (Å²) in [6.07, 6.45) is 2.25. The highest BCUT2D eigenvalue weighted by Crippen LogP contribution is 2.51. The van der Waals surface area contributed by atoms with E-state index in [2.05, 4.69) is 5.32 Å². The normalized spacial score (nSPS) is 27.4. The number of nitrogens with one attached hydrogen (secondary N) is 1. The monoisotopic (exact) mass is 483 g/mol. The van der Waals surface area contributed by atoms with Crippen molar-refractivity contribution >= 4 is 33.0 Å². The van der Waals surface area contributed by atoms with Crippen molar-refractivity contribution in [2.45, 2.75) is 55.3 Å². The number of hydrogen-bond donors (Lipinski definition) is 2. The molecule has 2 aromatic carbocycles. The molecule has 4 rings (SSSR count). The van der Waals surface area contributed by atoms with Crippen LogP contribution < -0.4 is 5.32 Å². The second-order valence-corrected chi connectivity index (χ2v) is 11.6. The van der Waals surface area contributed by atoms with Crippen molar-refractivity contribution in [1.29, 1.82) is 0 Å². The van der Waals surface area contributed by atoms with E-state index in [0.29, 0.717) is 12.8 Å². The van der Waals surface area contributed by atoms with Gasteiger partial charge < -0.3 is 10.4 Å². The van der Waals surface area contributed by atoms with Crippen molar-refractivity contribution in [2.75, 3.05) is 5.32 Å². The van der Waals surface area contributed by atoms with Crippen LogP contribution in [0.4, 0.5) is 14.5 Å². The van der Waals surface area contributed by atoms with E-state index in [1.165, 1.54) is 31.2 Å². The molecule has 0 aliphatic heterocycles. The summed E-state index contributed by atoms with van der Waals surface area (Å²) in [5, 5.41) is 12.5. The van der Waals surface area contributed by atoms with Crippen LogP contribution in [0.3, 0.4) is 0 Å². The Kier molecular flexibility index (Phi) is 5.84. The standard InChI is InChI=1S/C23H24ClF2NO4S/c1-12-19(8-7-18(25)21(12)26)27-22(28)13-3-6-17(24)20(9-13)32(30,31)16-10-14-4-5-15(11-16)23(14,2)29/h3,6-9,14-16,29H,4-5,10-11H2,1-2H3,(H,27,28)/t14-,15?,16?,23-/m0/s1. The van der Waals surface area contributed by atoms with Crippen molar-refractivity contribution in [3.63, 3.8) is 0 Å². The minimum atomic E-state index is -3.85. The first kappa shape index (κ1) is 23.1. The number of hydrogen-bond acceptors (Lipinski definition) is 4.